The first-order valence-corrected chi connectivity index (χ1v) is 13.2. The molecule has 5 nitrogen and oxygen atoms in total. The second kappa shape index (κ2) is 9.72. The predicted molar refractivity (Wildman–Crippen MR) is 140 cm³/mol. The molecule has 0 aromatic heterocycles. The van der Waals surface area contributed by atoms with Crippen molar-refractivity contribution in [1.29, 1.82) is 0 Å². The summed E-state index contributed by atoms with van der Waals surface area (Å²) in [6.45, 7) is 7.51. The number of rotatable bonds is 9. The number of nitrogens with two attached hydrogens (primary N) is 1. The van der Waals surface area contributed by atoms with Crippen molar-refractivity contribution in [3.8, 4) is 0 Å². The Bertz CT molecular complexity index is 1020. The number of aryl methyl sites for hydroxylation is 1. The molecule has 1 saturated heterocycles. The van der Waals surface area contributed by atoms with Crippen molar-refractivity contribution >= 4 is 13.0 Å². The molecule has 3 N–H and O–H groups in total. The number of hydrogen-bond acceptors (Lipinski definition) is 4. The summed E-state index contributed by atoms with van der Waals surface area (Å²) in [5.74, 6) is 1.17. The molecule has 2 bridgehead atoms. The minimum atomic E-state index is -0.578. The quantitative estimate of drug-likeness (QED) is 0.529. The van der Waals surface area contributed by atoms with E-state index in [0.717, 1.165) is 24.8 Å². The van der Waals surface area contributed by atoms with Crippen molar-refractivity contribution in [2.75, 3.05) is 6.54 Å². The van der Waals surface area contributed by atoms with Gasteiger partial charge in [0.2, 0.25) is 5.91 Å². The van der Waals surface area contributed by atoms with Crippen LogP contribution in [0.4, 0.5) is 0 Å². The Hall–Kier alpha value is -2.15. The van der Waals surface area contributed by atoms with Crippen LogP contribution in [-0.2, 0) is 26.9 Å². The highest BCUT2D eigenvalue weighted by Gasteiger charge is 2.68. The Morgan fingerprint density at radius 3 is 2.37 bits per heavy atom. The van der Waals surface area contributed by atoms with E-state index in [2.05, 4.69) is 50.4 Å². The average Bonchev–Trinajstić information content (AvgIpc) is 3.22. The van der Waals surface area contributed by atoms with Crippen molar-refractivity contribution in [1.82, 2.24) is 5.32 Å². The number of carbonyl (C=O) groups excluding carboxylic acids is 1. The van der Waals surface area contributed by atoms with Crippen molar-refractivity contribution in [3.05, 3.63) is 71.8 Å². The number of hydrogen-bond donors (Lipinski definition) is 2. The molecule has 35 heavy (non-hydrogen) atoms. The molecule has 4 aliphatic rings. The van der Waals surface area contributed by atoms with Gasteiger partial charge in [-0.25, -0.2) is 0 Å². The van der Waals surface area contributed by atoms with Gasteiger partial charge in [0.15, 0.2) is 0 Å². The average molecular weight is 474 g/mol. The van der Waals surface area contributed by atoms with Crippen LogP contribution in [0, 0.1) is 17.3 Å². The SMILES string of the molecule is CC1(C)C2CC3OB([C@H](CCc4ccccc4)CNC(=O)[C@@H](N)Cc4ccccc4)O[C@]3(C)C1C2. The standard InChI is InChI=1S/C29H39BN2O3/c1-28(2)22-17-25(28)29(3)26(18-22)34-30(35-29)23(15-14-20-10-6-4-7-11-20)19-32-27(33)24(31)16-21-12-8-5-9-13-21/h4-13,22-26H,14-19,31H2,1-3H3,(H,32,33)/t22?,23-,24+,25?,26?,29-/m1/s1. The van der Waals surface area contributed by atoms with Crippen LogP contribution in [0.2, 0.25) is 5.82 Å². The van der Waals surface area contributed by atoms with E-state index >= 15 is 0 Å². The van der Waals surface area contributed by atoms with Gasteiger partial charge in [0.05, 0.1) is 17.7 Å². The van der Waals surface area contributed by atoms with Gasteiger partial charge in [-0.05, 0) is 67.4 Å². The molecule has 1 heterocycles. The minimum Gasteiger partial charge on any atom is -0.405 e. The van der Waals surface area contributed by atoms with E-state index in [0.29, 0.717) is 30.2 Å². The largest absolute Gasteiger partial charge is 0.462 e. The monoisotopic (exact) mass is 474 g/mol. The van der Waals surface area contributed by atoms with Crippen LogP contribution in [0.3, 0.4) is 0 Å². The van der Waals surface area contributed by atoms with Crippen LogP contribution in [0.1, 0.15) is 51.2 Å². The van der Waals surface area contributed by atoms with Crippen LogP contribution < -0.4 is 11.1 Å². The molecule has 3 unspecified atom stereocenters. The molecule has 2 aromatic rings. The van der Waals surface area contributed by atoms with E-state index in [1.54, 1.807) is 0 Å². The number of amides is 1. The van der Waals surface area contributed by atoms with Crippen molar-refractivity contribution < 1.29 is 14.1 Å². The first-order chi connectivity index (χ1) is 16.8. The lowest BCUT2D eigenvalue weighted by molar-refractivity contribution is -0.199. The Morgan fingerprint density at radius 2 is 1.71 bits per heavy atom. The fraction of sp³-hybridized carbons (Fsp3) is 0.552. The van der Waals surface area contributed by atoms with Gasteiger partial charge in [0.1, 0.15) is 0 Å². The molecule has 3 saturated carbocycles. The molecule has 0 radical (unpaired) electrons. The summed E-state index contributed by atoms with van der Waals surface area (Å²) in [6, 6.07) is 19.8. The minimum absolute atomic E-state index is 0.0609. The van der Waals surface area contributed by atoms with Gasteiger partial charge in [-0.15, -0.1) is 0 Å². The maximum atomic E-state index is 12.9. The van der Waals surface area contributed by atoms with Gasteiger partial charge in [0.25, 0.3) is 0 Å². The lowest BCUT2D eigenvalue weighted by atomic mass is 9.43. The van der Waals surface area contributed by atoms with Crippen LogP contribution >= 0.6 is 0 Å². The summed E-state index contributed by atoms with van der Waals surface area (Å²) in [4.78, 5) is 12.9. The Kier molecular flexibility index (Phi) is 6.82. The molecule has 1 amide bonds. The summed E-state index contributed by atoms with van der Waals surface area (Å²) < 4.78 is 13.4. The van der Waals surface area contributed by atoms with E-state index in [9.17, 15) is 4.79 Å². The van der Waals surface area contributed by atoms with Gasteiger partial charge >= 0.3 is 7.12 Å². The van der Waals surface area contributed by atoms with Crippen LogP contribution in [0.5, 0.6) is 0 Å². The summed E-state index contributed by atoms with van der Waals surface area (Å²) in [7, 11) is -0.311. The molecule has 186 valence electrons. The van der Waals surface area contributed by atoms with Crippen molar-refractivity contribution in [2.45, 2.75) is 76.4 Å². The summed E-state index contributed by atoms with van der Waals surface area (Å²) in [5.41, 5.74) is 8.66. The number of nitrogens with one attached hydrogen (secondary N) is 1. The highest BCUT2D eigenvalue weighted by Crippen LogP contribution is 2.66. The fourth-order valence-corrected chi connectivity index (χ4v) is 6.76. The maximum Gasteiger partial charge on any atom is 0.462 e. The molecule has 6 heteroatoms. The van der Waals surface area contributed by atoms with Gasteiger partial charge in [0, 0.05) is 12.4 Å². The number of benzene rings is 2. The van der Waals surface area contributed by atoms with E-state index in [1.807, 2.05) is 36.4 Å². The van der Waals surface area contributed by atoms with E-state index in [4.69, 9.17) is 15.0 Å². The zero-order chi connectivity index (χ0) is 24.6. The smallest absolute Gasteiger partial charge is 0.405 e. The lowest BCUT2D eigenvalue weighted by Gasteiger charge is -2.64. The maximum absolute atomic E-state index is 12.9. The van der Waals surface area contributed by atoms with Gasteiger partial charge in [-0.1, -0.05) is 74.5 Å². The van der Waals surface area contributed by atoms with Gasteiger partial charge < -0.3 is 20.4 Å². The normalized spacial score (nSPS) is 30.2. The topological polar surface area (TPSA) is 73.6 Å². The zero-order valence-corrected chi connectivity index (χ0v) is 21.3. The highest BCUT2D eigenvalue weighted by molar-refractivity contribution is 6.47. The molecule has 2 aromatic carbocycles. The van der Waals surface area contributed by atoms with E-state index < -0.39 is 6.04 Å². The Labute approximate surface area is 210 Å². The Balaban J connectivity index is 1.25. The van der Waals surface area contributed by atoms with Gasteiger partial charge in [-0.2, -0.15) is 0 Å². The van der Waals surface area contributed by atoms with Crippen LogP contribution in [0.25, 0.3) is 0 Å². The summed E-state index contributed by atoms with van der Waals surface area (Å²) in [6.07, 6.45) is 4.75. The van der Waals surface area contributed by atoms with Crippen LogP contribution in [0.15, 0.2) is 60.7 Å². The molecule has 4 fully saturated rings. The van der Waals surface area contributed by atoms with Crippen LogP contribution in [-0.4, -0.2) is 37.3 Å². The highest BCUT2D eigenvalue weighted by atomic mass is 16.7. The van der Waals surface area contributed by atoms with Crippen molar-refractivity contribution in [3.63, 3.8) is 0 Å². The van der Waals surface area contributed by atoms with E-state index in [-0.39, 0.29) is 30.5 Å². The third-order valence-corrected chi connectivity index (χ3v) is 9.17. The predicted octanol–water partition coefficient (Wildman–Crippen LogP) is 4.40. The third-order valence-electron chi connectivity index (χ3n) is 9.17. The van der Waals surface area contributed by atoms with Crippen molar-refractivity contribution in [2.24, 2.45) is 23.0 Å². The summed E-state index contributed by atoms with van der Waals surface area (Å²) in [5, 5.41) is 3.12. The molecule has 6 rings (SSSR count). The molecule has 0 spiro atoms. The molecule has 6 atom stereocenters. The lowest BCUT2D eigenvalue weighted by Crippen LogP contribution is -2.65. The first kappa shape index (κ1) is 24.5. The fourth-order valence-electron chi connectivity index (χ4n) is 6.76. The van der Waals surface area contributed by atoms with Gasteiger partial charge in [-0.3, -0.25) is 4.79 Å². The molecular weight excluding hydrogens is 435 g/mol. The summed E-state index contributed by atoms with van der Waals surface area (Å²) >= 11 is 0. The third kappa shape index (κ3) is 4.81. The molecule has 3 aliphatic carbocycles. The molecule has 1 aliphatic heterocycles. The number of carbonyl (C=O) groups is 1. The zero-order valence-electron chi connectivity index (χ0n) is 21.3. The molecular formula is C29H39BN2O3. The van der Waals surface area contributed by atoms with E-state index in [1.165, 1.54) is 12.0 Å². The second-order valence-electron chi connectivity index (χ2n) is 11.7. The second-order valence-corrected chi connectivity index (χ2v) is 11.7. The first-order valence-electron chi connectivity index (χ1n) is 13.2. The Morgan fingerprint density at radius 1 is 1.06 bits per heavy atom.